The SMILES string of the molecule is CCNC(Cc1cc(C)nn1C)C(OCC)C(C)C. The highest BCUT2D eigenvalue weighted by Crippen LogP contribution is 2.16. The van der Waals surface area contributed by atoms with Gasteiger partial charge in [0.1, 0.15) is 0 Å². The Labute approximate surface area is 117 Å². The predicted molar refractivity (Wildman–Crippen MR) is 79.4 cm³/mol. The molecule has 4 nitrogen and oxygen atoms in total. The molecule has 1 aromatic rings. The molecule has 19 heavy (non-hydrogen) atoms. The van der Waals surface area contributed by atoms with Crippen LogP contribution in [0, 0.1) is 12.8 Å². The third-order valence-corrected chi connectivity index (χ3v) is 3.41. The summed E-state index contributed by atoms with van der Waals surface area (Å²) in [6.45, 7) is 12.4. The third kappa shape index (κ3) is 4.62. The number of aromatic nitrogens is 2. The van der Waals surface area contributed by atoms with Crippen LogP contribution in [0.5, 0.6) is 0 Å². The second-order valence-electron chi connectivity index (χ2n) is 5.43. The maximum absolute atomic E-state index is 5.94. The molecule has 0 saturated heterocycles. The Morgan fingerprint density at radius 2 is 2.05 bits per heavy atom. The van der Waals surface area contributed by atoms with Crippen LogP contribution in [0.25, 0.3) is 0 Å². The van der Waals surface area contributed by atoms with Gasteiger partial charge in [0, 0.05) is 31.8 Å². The molecule has 0 aliphatic rings. The number of nitrogens with one attached hydrogen (secondary N) is 1. The number of hydrogen-bond acceptors (Lipinski definition) is 3. The van der Waals surface area contributed by atoms with Gasteiger partial charge in [0.15, 0.2) is 0 Å². The van der Waals surface area contributed by atoms with Crippen molar-refractivity contribution >= 4 is 0 Å². The van der Waals surface area contributed by atoms with Gasteiger partial charge in [0.05, 0.1) is 11.8 Å². The monoisotopic (exact) mass is 267 g/mol. The van der Waals surface area contributed by atoms with E-state index in [-0.39, 0.29) is 6.10 Å². The molecule has 2 atom stereocenters. The zero-order valence-corrected chi connectivity index (χ0v) is 13.2. The van der Waals surface area contributed by atoms with Crippen LogP contribution in [0.1, 0.15) is 39.1 Å². The van der Waals surface area contributed by atoms with Crippen molar-refractivity contribution in [1.82, 2.24) is 15.1 Å². The van der Waals surface area contributed by atoms with Gasteiger partial charge >= 0.3 is 0 Å². The van der Waals surface area contributed by atoms with E-state index in [1.807, 2.05) is 18.7 Å². The highest BCUT2D eigenvalue weighted by atomic mass is 16.5. The van der Waals surface area contributed by atoms with Crippen molar-refractivity contribution in [1.29, 1.82) is 0 Å². The Kier molecular flexibility index (Phi) is 6.52. The number of rotatable bonds is 8. The summed E-state index contributed by atoms with van der Waals surface area (Å²) >= 11 is 0. The minimum Gasteiger partial charge on any atom is -0.377 e. The van der Waals surface area contributed by atoms with Crippen LogP contribution in [-0.4, -0.2) is 35.1 Å². The Bertz CT molecular complexity index is 373. The fourth-order valence-electron chi connectivity index (χ4n) is 2.61. The normalized spacial score (nSPS) is 14.9. The first-order valence-electron chi connectivity index (χ1n) is 7.34. The van der Waals surface area contributed by atoms with Gasteiger partial charge < -0.3 is 10.1 Å². The van der Waals surface area contributed by atoms with E-state index in [2.05, 4.69) is 44.2 Å². The van der Waals surface area contributed by atoms with Crippen LogP contribution in [-0.2, 0) is 18.2 Å². The lowest BCUT2D eigenvalue weighted by molar-refractivity contribution is 0.00356. The van der Waals surface area contributed by atoms with Gasteiger partial charge in [-0.15, -0.1) is 0 Å². The van der Waals surface area contributed by atoms with Gasteiger partial charge in [-0.3, -0.25) is 4.68 Å². The quantitative estimate of drug-likeness (QED) is 0.785. The minimum atomic E-state index is 0.236. The molecule has 0 aromatic carbocycles. The van der Waals surface area contributed by atoms with E-state index in [1.165, 1.54) is 5.69 Å². The van der Waals surface area contributed by atoms with Crippen molar-refractivity contribution in [2.45, 2.75) is 53.2 Å². The van der Waals surface area contributed by atoms with E-state index in [0.717, 1.165) is 25.3 Å². The molecule has 0 bridgehead atoms. The van der Waals surface area contributed by atoms with E-state index in [0.29, 0.717) is 12.0 Å². The molecular formula is C15H29N3O. The van der Waals surface area contributed by atoms with Crippen molar-refractivity contribution in [3.63, 3.8) is 0 Å². The second kappa shape index (κ2) is 7.65. The molecule has 2 unspecified atom stereocenters. The molecular weight excluding hydrogens is 238 g/mol. The van der Waals surface area contributed by atoms with Crippen LogP contribution >= 0.6 is 0 Å². The number of ether oxygens (including phenoxy) is 1. The van der Waals surface area contributed by atoms with E-state index >= 15 is 0 Å². The summed E-state index contributed by atoms with van der Waals surface area (Å²) in [6, 6.07) is 2.49. The molecule has 0 fully saturated rings. The third-order valence-electron chi connectivity index (χ3n) is 3.41. The first kappa shape index (κ1) is 16.2. The van der Waals surface area contributed by atoms with Gasteiger partial charge in [-0.25, -0.2) is 0 Å². The Morgan fingerprint density at radius 1 is 1.37 bits per heavy atom. The van der Waals surface area contributed by atoms with E-state index in [1.54, 1.807) is 0 Å². The smallest absolute Gasteiger partial charge is 0.0754 e. The fourth-order valence-corrected chi connectivity index (χ4v) is 2.61. The van der Waals surface area contributed by atoms with E-state index < -0.39 is 0 Å². The summed E-state index contributed by atoms with van der Waals surface area (Å²) in [5.41, 5.74) is 2.33. The van der Waals surface area contributed by atoms with Crippen LogP contribution < -0.4 is 5.32 Å². The topological polar surface area (TPSA) is 39.1 Å². The molecule has 0 saturated carbocycles. The maximum atomic E-state index is 5.94. The van der Waals surface area contributed by atoms with E-state index in [9.17, 15) is 0 Å². The van der Waals surface area contributed by atoms with Crippen LogP contribution in [0.15, 0.2) is 6.07 Å². The van der Waals surface area contributed by atoms with Crippen LogP contribution in [0.4, 0.5) is 0 Å². The highest BCUT2D eigenvalue weighted by molar-refractivity contribution is 5.10. The van der Waals surface area contributed by atoms with Gasteiger partial charge in [-0.1, -0.05) is 20.8 Å². The molecule has 1 aromatic heterocycles. The predicted octanol–water partition coefficient (Wildman–Crippen LogP) is 2.31. The average molecular weight is 267 g/mol. The van der Waals surface area contributed by atoms with Crippen molar-refractivity contribution in [2.75, 3.05) is 13.2 Å². The van der Waals surface area contributed by atoms with Gasteiger partial charge in [-0.2, -0.15) is 5.10 Å². The zero-order chi connectivity index (χ0) is 14.4. The van der Waals surface area contributed by atoms with Gasteiger partial charge in [0.2, 0.25) is 0 Å². The lowest BCUT2D eigenvalue weighted by Gasteiger charge is -2.30. The van der Waals surface area contributed by atoms with Gasteiger partial charge in [-0.05, 0) is 32.4 Å². The first-order chi connectivity index (χ1) is 8.99. The molecule has 1 N–H and O–H groups in total. The van der Waals surface area contributed by atoms with Crippen LogP contribution in [0.2, 0.25) is 0 Å². The Hall–Kier alpha value is -0.870. The highest BCUT2D eigenvalue weighted by Gasteiger charge is 2.25. The molecule has 1 rings (SSSR count). The molecule has 0 amide bonds. The molecule has 4 heteroatoms. The second-order valence-corrected chi connectivity index (χ2v) is 5.43. The number of hydrogen-bond donors (Lipinski definition) is 1. The summed E-state index contributed by atoms with van der Waals surface area (Å²) in [7, 11) is 2.01. The molecule has 1 heterocycles. The molecule has 110 valence electrons. The summed E-state index contributed by atoms with van der Waals surface area (Å²) < 4.78 is 7.92. The lowest BCUT2D eigenvalue weighted by Crippen LogP contribution is -2.46. The first-order valence-corrected chi connectivity index (χ1v) is 7.34. The van der Waals surface area contributed by atoms with Crippen LogP contribution in [0.3, 0.4) is 0 Å². The van der Waals surface area contributed by atoms with E-state index in [4.69, 9.17) is 4.74 Å². The molecule has 0 spiro atoms. The van der Waals surface area contributed by atoms with Crippen molar-refractivity contribution in [3.05, 3.63) is 17.5 Å². The summed E-state index contributed by atoms with van der Waals surface area (Å²) in [4.78, 5) is 0. The summed E-state index contributed by atoms with van der Waals surface area (Å²) in [5.74, 6) is 0.498. The zero-order valence-electron chi connectivity index (χ0n) is 13.2. The fraction of sp³-hybridized carbons (Fsp3) is 0.800. The Morgan fingerprint density at radius 3 is 2.47 bits per heavy atom. The average Bonchev–Trinajstić information content (AvgIpc) is 2.64. The van der Waals surface area contributed by atoms with Crippen molar-refractivity contribution < 1.29 is 4.74 Å². The summed E-state index contributed by atoms with van der Waals surface area (Å²) in [6.07, 6.45) is 1.19. The van der Waals surface area contributed by atoms with Crippen molar-refractivity contribution in [2.24, 2.45) is 13.0 Å². The number of aryl methyl sites for hydroxylation is 2. The Balaban J connectivity index is 2.83. The number of nitrogens with zero attached hydrogens (tertiary/aromatic N) is 2. The minimum absolute atomic E-state index is 0.236. The summed E-state index contributed by atoms with van der Waals surface area (Å²) in [5, 5.41) is 7.99. The molecule has 0 aliphatic heterocycles. The molecule has 0 radical (unpaired) electrons. The molecule has 0 aliphatic carbocycles. The standard InChI is InChI=1S/C15H29N3O/c1-7-16-14(15(11(3)4)19-8-2)10-13-9-12(5)17-18(13)6/h9,11,14-16H,7-8,10H2,1-6H3. The lowest BCUT2D eigenvalue weighted by atomic mass is 9.95. The van der Waals surface area contributed by atoms with Crippen molar-refractivity contribution in [3.8, 4) is 0 Å². The van der Waals surface area contributed by atoms with Gasteiger partial charge in [0.25, 0.3) is 0 Å². The maximum Gasteiger partial charge on any atom is 0.0754 e. The largest absolute Gasteiger partial charge is 0.377 e. The number of likely N-dealkylation sites (N-methyl/N-ethyl adjacent to an activating group) is 1.